The van der Waals surface area contributed by atoms with E-state index in [1.165, 1.54) is 0 Å². The van der Waals surface area contributed by atoms with Crippen molar-refractivity contribution in [2.45, 2.75) is 37.2 Å². The van der Waals surface area contributed by atoms with Crippen molar-refractivity contribution in [2.24, 2.45) is 0 Å². The zero-order chi connectivity index (χ0) is 20.1. The molecule has 2 N–H and O–H groups in total. The molecule has 0 fully saturated rings. The maximum absolute atomic E-state index is 12.7. The first-order valence-corrected chi connectivity index (χ1v) is 10.5. The van der Waals surface area contributed by atoms with Gasteiger partial charge < -0.3 is 15.0 Å². The molecule has 3 rings (SSSR count). The topological polar surface area (TPSA) is 71.3 Å². The number of aliphatic carboxylic acids is 1. The van der Waals surface area contributed by atoms with Crippen molar-refractivity contribution in [1.29, 1.82) is 0 Å². The number of nitrogens with one attached hydrogen (secondary N) is 1. The molecule has 0 aliphatic heterocycles. The first-order chi connectivity index (χ1) is 13.5. The lowest BCUT2D eigenvalue weighted by Gasteiger charge is -2.18. The van der Waals surface area contributed by atoms with Crippen LogP contribution in [-0.2, 0) is 22.6 Å². The normalized spacial score (nSPS) is 12.1. The maximum atomic E-state index is 12.7. The van der Waals surface area contributed by atoms with E-state index in [1.807, 2.05) is 61.0 Å². The van der Waals surface area contributed by atoms with Crippen LogP contribution in [0.25, 0.3) is 10.9 Å². The zero-order valence-electron chi connectivity index (χ0n) is 16.0. The zero-order valence-corrected chi connectivity index (χ0v) is 16.8. The monoisotopic (exact) mass is 396 g/mol. The number of hydrogen-bond acceptors (Lipinski definition) is 3. The van der Waals surface area contributed by atoms with Crippen LogP contribution >= 0.6 is 11.8 Å². The van der Waals surface area contributed by atoms with Gasteiger partial charge in [-0.25, -0.2) is 0 Å². The number of carbonyl (C=O) groups is 2. The summed E-state index contributed by atoms with van der Waals surface area (Å²) in [6, 6.07) is 15.1. The minimum atomic E-state index is -0.943. The van der Waals surface area contributed by atoms with Gasteiger partial charge in [0.2, 0.25) is 5.91 Å². The Kier molecular flexibility index (Phi) is 6.41. The summed E-state index contributed by atoms with van der Waals surface area (Å²) in [5.74, 6) is -1.12. The number of para-hydroxylation sites is 1. The standard InChI is InChI=1S/C22H24N2O3S/c1-3-24-14-16(18-6-4-5-7-20(18)24)12-21(25)23-19(13-22(26)27)15-8-10-17(28-2)11-9-15/h4-11,14,19H,3,12-13H2,1-2H3,(H,23,25)(H,26,27). The van der Waals surface area contributed by atoms with Gasteiger partial charge >= 0.3 is 5.97 Å². The number of carboxylic acid groups (broad SMARTS) is 1. The van der Waals surface area contributed by atoms with Gasteiger partial charge in [0.1, 0.15) is 0 Å². The summed E-state index contributed by atoms with van der Waals surface area (Å²) >= 11 is 1.62. The number of nitrogens with zero attached hydrogens (tertiary/aromatic N) is 1. The van der Waals surface area contributed by atoms with E-state index >= 15 is 0 Å². The van der Waals surface area contributed by atoms with Crippen LogP contribution in [0.15, 0.2) is 59.6 Å². The van der Waals surface area contributed by atoms with Crippen LogP contribution in [0.1, 0.15) is 30.5 Å². The van der Waals surface area contributed by atoms with Crippen LogP contribution in [0.2, 0.25) is 0 Å². The fraction of sp³-hybridized carbons (Fsp3) is 0.273. The van der Waals surface area contributed by atoms with Gasteiger partial charge in [-0.2, -0.15) is 0 Å². The predicted molar refractivity (Wildman–Crippen MR) is 113 cm³/mol. The third-order valence-corrected chi connectivity index (χ3v) is 5.54. The van der Waals surface area contributed by atoms with Crippen LogP contribution in [-0.4, -0.2) is 27.8 Å². The fourth-order valence-electron chi connectivity index (χ4n) is 3.41. The Balaban J connectivity index is 1.79. The summed E-state index contributed by atoms with van der Waals surface area (Å²) in [5.41, 5.74) is 2.84. The van der Waals surface area contributed by atoms with E-state index in [1.54, 1.807) is 11.8 Å². The SMILES string of the molecule is CCn1cc(CC(=O)NC(CC(=O)O)c2ccc(SC)cc2)c2ccccc21. The third-order valence-electron chi connectivity index (χ3n) is 4.79. The molecule has 0 aliphatic rings. The molecule has 146 valence electrons. The molecule has 0 saturated heterocycles. The van der Waals surface area contributed by atoms with Crippen molar-refractivity contribution in [3.8, 4) is 0 Å². The average molecular weight is 397 g/mol. The number of benzene rings is 2. The molecule has 1 heterocycles. The minimum Gasteiger partial charge on any atom is -0.481 e. The number of thioether (sulfide) groups is 1. The van der Waals surface area contributed by atoms with Crippen LogP contribution in [0.3, 0.4) is 0 Å². The van der Waals surface area contributed by atoms with Crippen molar-refractivity contribution >= 4 is 34.5 Å². The Morgan fingerprint density at radius 3 is 2.50 bits per heavy atom. The first-order valence-electron chi connectivity index (χ1n) is 9.23. The Hall–Kier alpha value is -2.73. The number of hydrogen-bond donors (Lipinski definition) is 2. The van der Waals surface area contributed by atoms with Crippen molar-refractivity contribution in [3.05, 3.63) is 65.9 Å². The highest BCUT2D eigenvalue weighted by molar-refractivity contribution is 7.98. The first kappa shape index (κ1) is 20.0. The van der Waals surface area contributed by atoms with Crippen molar-refractivity contribution in [2.75, 3.05) is 6.26 Å². The van der Waals surface area contributed by atoms with Gasteiger partial charge in [-0.1, -0.05) is 30.3 Å². The van der Waals surface area contributed by atoms with Gasteiger partial charge in [0.15, 0.2) is 0 Å². The molecule has 1 atom stereocenters. The van der Waals surface area contributed by atoms with E-state index in [4.69, 9.17) is 0 Å². The average Bonchev–Trinajstić information content (AvgIpc) is 3.05. The van der Waals surface area contributed by atoms with E-state index in [9.17, 15) is 14.7 Å². The summed E-state index contributed by atoms with van der Waals surface area (Å²) in [5, 5.41) is 13.2. The fourth-order valence-corrected chi connectivity index (χ4v) is 3.81. The molecular formula is C22H24N2O3S. The van der Waals surface area contributed by atoms with Gasteiger partial charge in [0.05, 0.1) is 18.9 Å². The van der Waals surface area contributed by atoms with Gasteiger partial charge in [-0.05, 0) is 42.5 Å². The molecule has 6 heteroatoms. The number of carbonyl (C=O) groups excluding carboxylic acids is 1. The molecular weight excluding hydrogens is 372 g/mol. The van der Waals surface area contributed by atoms with E-state index in [2.05, 4.69) is 16.8 Å². The number of aromatic nitrogens is 1. The Morgan fingerprint density at radius 2 is 1.86 bits per heavy atom. The molecule has 0 saturated carbocycles. The van der Waals surface area contributed by atoms with Crippen molar-refractivity contribution < 1.29 is 14.7 Å². The number of carboxylic acids is 1. The second kappa shape index (κ2) is 8.97. The number of fused-ring (bicyclic) bond motifs is 1. The number of aryl methyl sites for hydroxylation is 1. The Bertz CT molecular complexity index is 979. The summed E-state index contributed by atoms with van der Waals surface area (Å²) in [7, 11) is 0. The van der Waals surface area contributed by atoms with Gasteiger partial charge in [0.25, 0.3) is 0 Å². The van der Waals surface area contributed by atoms with Crippen LogP contribution in [0.4, 0.5) is 0 Å². The second-order valence-corrected chi connectivity index (χ2v) is 7.51. The van der Waals surface area contributed by atoms with Gasteiger partial charge in [-0.3, -0.25) is 9.59 Å². The van der Waals surface area contributed by atoms with Crippen molar-refractivity contribution in [3.63, 3.8) is 0 Å². The van der Waals surface area contributed by atoms with E-state index in [-0.39, 0.29) is 18.7 Å². The lowest BCUT2D eigenvalue weighted by atomic mass is 10.0. The van der Waals surface area contributed by atoms with Gasteiger partial charge in [0, 0.05) is 28.5 Å². The lowest BCUT2D eigenvalue weighted by Crippen LogP contribution is -2.31. The highest BCUT2D eigenvalue weighted by atomic mass is 32.2. The third kappa shape index (κ3) is 4.57. The molecule has 28 heavy (non-hydrogen) atoms. The van der Waals surface area contributed by atoms with E-state index < -0.39 is 12.0 Å². The number of amides is 1. The summed E-state index contributed by atoms with van der Waals surface area (Å²) in [4.78, 5) is 25.1. The van der Waals surface area contributed by atoms with Crippen LogP contribution in [0.5, 0.6) is 0 Å². The molecule has 2 aromatic carbocycles. The lowest BCUT2D eigenvalue weighted by molar-refractivity contribution is -0.137. The van der Waals surface area contributed by atoms with Crippen molar-refractivity contribution in [1.82, 2.24) is 9.88 Å². The van der Waals surface area contributed by atoms with E-state index in [0.717, 1.165) is 33.5 Å². The second-order valence-electron chi connectivity index (χ2n) is 6.63. The smallest absolute Gasteiger partial charge is 0.305 e. The molecule has 1 aromatic heterocycles. The molecule has 1 unspecified atom stereocenters. The maximum Gasteiger partial charge on any atom is 0.305 e. The number of rotatable bonds is 8. The summed E-state index contributed by atoms with van der Waals surface area (Å²) < 4.78 is 2.12. The molecule has 0 aliphatic carbocycles. The largest absolute Gasteiger partial charge is 0.481 e. The minimum absolute atomic E-state index is 0.152. The van der Waals surface area contributed by atoms with Crippen LogP contribution < -0.4 is 5.32 Å². The predicted octanol–water partition coefficient (Wildman–Crippen LogP) is 4.26. The van der Waals surface area contributed by atoms with Gasteiger partial charge in [-0.15, -0.1) is 11.8 Å². The van der Waals surface area contributed by atoms with Crippen LogP contribution in [0, 0.1) is 0 Å². The Labute approximate surface area is 168 Å². The molecule has 0 bridgehead atoms. The summed E-state index contributed by atoms with van der Waals surface area (Å²) in [6.07, 6.45) is 4.05. The molecule has 0 radical (unpaired) electrons. The molecule has 1 amide bonds. The molecule has 0 spiro atoms. The highest BCUT2D eigenvalue weighted by Crippen LogP contribution is 2.24. The van der Waals surface area contributed by atoms with E-state index in [0.29, 0.717) is 0 Å². The quantitative estimate of drug-likeness (QED) is 0.558. The molecule has 3 aromatic rings. The highest BCUT2D eigenvalue weighted by Gasteiger charge is 2.19. The Morgan fingerprint density at radius 1 is 1.14 bits per heavy atom. The summed E-state index contributed by atoms with van der Waals surface area (Å²) in [6.45, 7) is 2.89. The molecule has 5 nitrogen and oxygen atoms in total.